The third-order valence-corrected chi connectivity index (χ3v) is 3.77. The van der Waals surface area contributed by atoms with E-state index in [0.29, 0.717) is 29.7 Å². The molecule has 2 aromatic rings. The smallest absolute Gasteiger partial charge is 0.280 e. The number of hydrogen-bond donors (Lipinski definition) is 3. The van der Waals surface area contributed by atoms with E-state index in [4.69, 9.17) is 0 Å². The molecule has 7 heteroatoms. The molecule has 0 unspecified atom stereocenters. The number of aromatic nitrogens is 2. The summed E-state index contributed by atoms with van der Waals surface area (Å²) in [7, 11) is 0. The fraction of sp³-hybridized carbons (Fsp3) is 0.250. The number of aryl methyl sites for hydroxylation is 1. The number of rotatable bonds is 3. The summed E-state index contributed by atoms with van der Waals surface area (Å²) < 4.78 is 0. The van der Waals surface area contributed by atoms with E-state index in [1.165, 1.54) is 6.21 Å². The van der Waals surface area contributed by atoms with Gasteiger partial charge in [0.1, 0.15) is 11.3 Å². The number of pyridine rings is 2. The Hall–Kier alpha value is -2.96. The highest BCUT2D eigenvalue weighted by Crippen LogP contribution is 2.28. The quantitative estimate of drug-likeness (QED) is 0.583. The molecule has 0 spiro atoms. The summed E-state index contributed by atoms with van der Waals surface area (Å²) in [6.45, 7) is 0. The molecule has 1 aliphatic rings. The molecule has 0 aliphatic heterocycles. The minimum atomic E-state index is -0.739. The van der Waals surface area contributed by atoms with Crippen LogP contribution in [0.2, 0.25) is 0 Å². The van der Waals surface area contributed by atoms with Gasteiger partial charge in [-0.1, -0.05) is 6.07 Å². The maximum Gasteiger partial charge on any atom is 0.280 e. The summed E-state index contributed by atoms with van der Waals surface area (Å²) in [5.74, 6) is -0.977. The topological polar surface area (TPSA) is 107 Å². The third kappa shape index (κ3) is 3.13. The summed E-state index contributed by atoms with van der Waals surface area (Å²) in [5.41, 5.74) is 3.43. The Kier molecular flexibility index (Phi) is 4.18. The van der Waals surface area contributed by atoms with Gasteiger partial charge < -0.3 is 10.1 Å². The second kappa shape index (κ2) is 6.43. The number of nitrogens with one attached hydrogen (secondary N) is 2. The molecule has 0 aromatic carbocycles. The lowest BCUT2D eigenvalue weighted by atomic mass is 9.94. The average Bonchev–Trinajstić information content (AvgIpc) is 2.56. The highest BCUT2D eigenvalue weighted by molar-refractivity contribution is 5.97. The summed E-state index contributed by atoms with van der Waals surface area (Å²) in [6.07, 6.45) is 7.86. The van der Waals surface area contributed by atoms with Gasteiger partial charge in [-0.2, -0.15) is 5.10 Å². The molecule has 0 fully saturated rings. The summed E-state index contributed by atoms with van der Waals surface area (Å²) in [6, 6.07) is 3.51. The lowest BCUT2D eigenvalue weighted by Crippen LogP contribution is -2.29. The van der Waals surface area contributed by atoms with Gasteiger partial charge in [0.15, 0.2) is 0 Å². The Morgan fingerprint density at radius 3 is 3.00 bits per heavy atom. The van der Waals surface area contributed by atoms with Gasteiger partial charge in [-0.3, -0.25) is 14.6 Å². The first-order valence-electron chi connectivity index (χ1n) is 7.37. The first-order chi connectivity index (χ1) is 11.2. The van der Waals surface area contributed by atoms with E-state index in [2.05, 4.69) is 20.5 Å². The van der Waals surface area contributed by atoms with Crippen molar-refractivity contribution in [2.24, 2.45) is 5.10 Å². The van der Waals surface area contributed by atoms with Crippen molar-refractivity contribution in [3.63, 3.8) is 0 Å². The van der Waals surface area contributed by atoms with Crippen LogP contribution in [-0.4, -0.2) is 27.2 Å². The minimum Gasteiger partial charge on any atom is -0.507 e. The highest BCUT2D eigenvalue weighted by Gasteiger charge is 2.23. The van der Waals surface area contributed by atoms with E-state index in [9.17, 15) is 14.7 Å². The van der Waals surface area contributed by atoms with Gasteiger partial charge in [0.05, 0.1) is 6.21 Å². The van der Waals surface area contributed by atoms with Crippen LogP contribution in [0.5, 0.6) is 5.75 Å². The van der Waals surface area contributed by atoms with Crippen LogP contribution in [0.4, 0.5) is 0 Å². The summed E-state index contributed by atoms with van der Waals surface area (Å²) >= 11 is 0. The molecule has 0 saturated heterocycles. The Balaban J connectivity index is 1.82. The van der Waals surface area contributed by atoms with Crippen LogP contribution in [0.1, 0.15) is 40.0 Å². The van der Waals surface area contributed by atoms with Crippen LogP contribution in [-0.2, 0) is 12.8 Å². The SMILES string of the molecule is O=C(NN=Cc1cccnc1)c1c(O)c2c([nH]c1=O)CCCC2. The first-order valence-corrected chi connectivity index (χ1v) is 7.37. The predicted molar refractivity (Wildman–Crippen MR) is 84.7 cm³/mol. The average molecular weight is 312 g/mol. The summed E-state index contributed by atoms with van der Waals surface area (Å²) in [4.78, 5) is 30.8. The van der Waals surface area contributed by atoms with Crippen molar-refractivity contribution in [3.8, 4) is 5.75 Å². The van der Waals surface area contributed by atoms with Crippen LogP contribution in [0.25, 0.3) is 0 Å². The number of hydrogen-bond acceptors (Lipinski definition) is 5. The molecular weight excluding hydrogens is 296 g/mol. The van der Waals surface area contributed by atoms with Crippen molar-refractivity contribution < 1.29 is 9.90 Å². The van der Waals surface area contributed by atoms with Crippen LogP contribution >= 0.6 is 0 Å². The molecule has 0 saturated carbocycles. The molecule has 0 radical (unpaired) electrons. The van der Waals surface area contributed by atoms with Gasteiger partial charge in [-0.15, -0.1) is 0 Å². The maximum absolute atomic E-state index is 12.1. The fourth-order valence-electron chi connectivity index (χ4n) is 2.65. The number of hydrazone groups is 1. The van der Waals surface area contributed by atoms with E-state index >= 15 is 0 Å². The van der Waals surface area contributed by atoms with Crippen molar-refractivity contribution >= 4 is 12.1 Å². The van der Waals surface area contributed by atoms with E-state index in [1.54, 1.807) is 24.5 Å². The zero-order chi connectivity index (χ0) is 16.2. The van der Waals surface area contributed by atoms with Crippen LogP contribution < -0.4 is 11.0 Å². The molecule has 0 bridgehead atoms. The van der Waals surface area contributed by atoms with Gasteiger partial charge >= 0.3 is 0 Å². The lowest BCUT2D eigenvalue weighted by molar-refractivity contribution is 0.0950. The number of fused-ring (bicyclic) bond motifs is 1. The van der Waals surface area contributed by atoms with Crippen LogP contribution in [0.3, 0.4) is 0 Å². The maximum atomic E-state index is 12.1. The molecule has 2 aromatic heterocycles. The second-order valence-electron chi connectivity index (χ2n) is 5.33. The third-order valence-electron chi connectivity index (χ3n) is 3.77. The van der Waals surface area contributed by atoms with E-state index in [0.717, 1.165) is 12.8 Å². The highest BCUT2D eigenvalue weighted by atomic mass is 16.3. The molecular formula is C16H16N4O3. The molecule has 3 rings (SSSR count). The Morgan fingerprint density at radius 2 is 2.22 bits per heavy atom. The van der Waals surface area contributed by atoms with Crippen LogP contribution in [0.15, 0.2) is 34.4 Å². The normalized spacial score (nSPS) is 13.7. The molecule has 0 atom stereocenters. The van der Waals surface area contributed by atoms with Crippen LogP contribution in [0, 0.1) is 0 Å². The van der Waals surface area contributed by atoms with E-state index < -0.39 is 11.5 Å². The minimum absolute atomic E-state index is 0.238. The summed E-state index contributed by atoms with van der Waals surface area (Å²) in [5, 5.41) is 14.0. The van der Waals surface area contributed by atoms with Gasteiger partial charge in [0, 0.05) is 29.2 Å². The van der Waals surface area contributed by atoms with Gasteiger partial charge in [0.2, 0.25) is 0 Å². The molecule has 7 nitrogen and oxygen atoms in total. The largest absolute Gasteiger partial charge is 0.507 e. The van der Waals surface area contributed by atoms with Crippen molar-refractivity contribution in [1.82, 2.24) is 15.4 Å². The fourth-order valence-corrected chi connectivity index (χ4v) is 2.65. The first kappa shape index (κ1) is 15.0. The van der Waals surface area contributed by atoms with Gasteiger partial charge in [-0.05, 0) is 31.7 Å². The lowest BCUT2D eigenvalue weighted by Gasteiger charge is -2.17. The predicted octanol–water partition coefficient (Wildman–Crippen LogP) is 1.12. The molecule has 118 valence electrons. The standard InChI is InChI=1S/C16H16N4O3/c21-14-11-5-1-2-6-12(11)19-15(22)13(14)16(23)20-18-9-10-4-3-7-17-8-10/h3-4,7-9H,1-2,5-6H2,(H,20,23)(H2,19,21,22). The van der Waals surface area contributed by atoms with Gasteiger partial charge in [0.25, 0.3) is 11.5 Å². The molecule has 2 heterocycles. The molecule has 23 heavy (non-hydrogen) atoms. The number of amides is 1. The van der Waals surface area contributed by atoms with Gasteiger partial charge in [-0.25, -0.2) is 5.43 Å². The van der Waals surface area contributed by atoms with Crippen molar-refractivity contribution in [2.45, 2.75) is 25.7 Å². The number of aromatic amines is 1. The van der Waals surface area contributed by atoms with E-state index in [-0.39, 0.29) is 11.3 Å². The monoisotopic (exact) mass is 312 g/mol. The number of H-pyrrole nitrogens is 1. The number of nitrogens with zero attached hydrogens (tertiary/aromatic N) is 2. The Labute approximate surface area is 132 Å². The van der Waals surface area contributed by atoms with Crippen molar-refractivity contribution in [1.29, 1.82) is 0 Å². The Morgan fingerprint density at radius 1 is 1.39 bits per heavy atom. The Bertz CT molecular complexity index is 812. The van der Waals surface area contributed by atoms with Crippen molar-refractivity contribution in [2.75, 3.05) is 0 Å². The molecule has 3 N–H and O–H groups in total. The molecule has 1 amide bonds. The number of carbonyl (C=O) groups is 1. The second-order valence-corrected chi connectivity index (χ2v) is 5.33. The van der Waals surface area contributed by atoms with E-state index in [1.807, 2.05) is 0 Å². The zero-order valence-electron chi connectivity index (χ0n) is 12.4. The zero-order valence-corrected chi connectivity index (χ0v) is 12.4. The van der Waals surface area contributed by atoms with Crippen molar-refractivity contribution in [3.05, 3.63) is 57.3 Å². The number of aromatic hydroxyl groups is 1. The molecule has 1 aliphatic carbocycles. The number of carbonyl (C=O) groups excluding carboxylic acids is 1.